The molecular formula is C17H18BrFN2O3S. The van der Waals surface area contributed by atoms with Crippen molar-refractivity contribution < 1.29 is 17.6 Å². The summed E-state index contributed by atoms with van der Waals surface area (Å²) in [6, 6.07) is 12.0. The Morgan fingerprint density at radius 2 is 1.92 bits per heavy atom. The van der Waals surface area contributed by atoms with Crippen LogP contribution in [0.5, 0.6) is 0 Å². The molecule has 0 aromatic heterocycles. The van der Waals surface area contributed by atoms with E-state index in [0.717, 1.165) is 0 Å². The second-order valence-electron chi connectivity index (χ2n) is 5.42. The molecule has 2 aromatic carbocycles. The molecule has 0 heterocycles. The molecule has 134 valence electrons. The van der Waals surface area contributed by atoms with Crippen molar-refractivity contribution >= 4 is 31.9 Å². The largest absolute Gasteiger partial charge is 0.350 e. The minimum absolute atomic E-state index is 0.0245. The number of amides is 1. The van der Waals surface area contributed by atoms with Gasteiger partial charge in [-0.3, -0.25) is 4.79 Å². The highest BCUT2D eigenvalue weighted by molar-refractivity contribution is 9.10. The SMILES string of the molecule is CC(NC(=O)CCNS(=O)(=O)c1ccccc1Br)c1cccc(F)c1. The fourth-order valence-corrected chi connectivity index (χ4v) is 4.25. The Balaban J connectivity index is 1.87. The van der Waals surface area contributed by atoms with Gasteiger partial charge >= 0.3 is 0 Å². The van der Waals surface area contributed by atoms with Gasteiger partial charge in [0, 0.05) is 17.4 Å². The third kappa shape index (κ3) is 5.62. The number of benzene rings is 2. The van der Waals surface area contributed by atoms with Crippen LogP contribution >= 0.6 is 15.9 Å². The fraction of sp³-hybridized carbons (Fsp3) is 0.235. The van der Waals surface area contributed by atoms with Gasteiger partial charge in [0.1, 0.15) is 5.82 Å². The number of carbonyl (C=O) groups is 1. The molecule has 0 fully saturated rings. The maximum Gasteiger partial charge on any atom is 0.241 e. The average Bonchev–Trinajstić information content (AvgIpc) is 2.54. The van der Waals surface area contributed by atoms with Gasteiger partial charge in [0.05, 0.1) is 10.9 Å². The van der Waals surface area contributed by atoms with E-state index >= 15 is 0 Å². The van der Waals surface area contributed by atoms with Crippen LogP contribution in [0.15, 0.2) is 57.9 Å². The molecule has 8 heteroatoms. The Hall–Kier alpha value is -1.77. The fourth-order valence-electron chi connectivity index (χ4n) is 2.21. The van der Waals surface area contributed by atoms with Crippen molar-refractivity contribution in [2.45, 2.75) is 24.3 Å². The first-order chi connectivity index (χ1) is 11.8. The smallest absolute Gasteiger partial charge is 0.241 e. The van der Waals surface area contributed by atoms with Crippen LogP contribution in [0.25, 0.3) is 0 Å². The number of hydrogen-bond donors (Lipinski definition) is 2. The highest BCUT2D eigenvalue weighted by Crippen LogP contribution is 2.20. The summed E-state index contributed by atoms with van der Waals surface area (Å²) in [5.41, 5.74) is 0.641. The Labute approximate surface area is 154 Å². The first-order valence-corrected chi connectivity index (χ1v) is 9.86. The molecule has 1 unspecified atom stereocenters. The van der Waals surface area contributed by atoms with Gasteiger partial charge in [-0.2, -0.15) is 0 Å². The number of carbonyl (C=O) groups excluding carboxylic acids is 1. The van der Waals surface area contributed by atoms with Gasteiger partial charge < -0.3 is 5.32 Å². The highest BCUT2D eigenvalue weighted by atomic mass is 79.9. The Bertz CT molecular complexity index is 858. The van der Waals surface area contributed by atoms with E-state index in [9.17, 15) is 17.6 Å². The third-order valence-electron chi connectivity index (χ3n) is 3.50. The predicted molar refractivity (Wildman–Crippen MR) is 96.9 cm³/mol. The molecule has 0 aliphatic rings. The van der Waals surface area contributed by atoms with Gasteiger partial charge in [-0.1, -0.05) is 24.3 Å². The van der Waals surface area contributed by atoms with Crippen molar-refractivity contribution in [1.29, 1.82) is 0 Å². The van der Waals surface area contributed by atoms with E-state index in [4.69, 9.17) is 0 Å². The molecule has 2 N–H and O–H groups in total. The minimum atomic E-state index is -3.70. The van der Waals surface area contributed by atoms with E-state index < -0.39 is 10.0 Å². The zero-order chi connectivity index (χ0) is 18.4. The van der Waals surface area contributed by atoms with Crippen molar-refractivity contribution in [3.8, 4) is 0 Å². The minimum Gasteiger partial charge on any atom is -0.350 e. The summed E-state index contributed by atoms with van der Waals surface area (Å²) in [4.78, 5) is 12.1. The van der Waals surface area contributed by atoms with E-state index in [2.05, 4.69) is 26.0 Å². The quantitative estimate of drug-likeness (QED) is 0.710. The van der Waals surface area contributed by atoms with E-state index in [0.29, 0.717) is 10.0 Å². The van der Waals surface area contributed by atoms with Crippen LogP contribution in [0.3, 0.4) is 0 Å². The van der Waals surface area contributed by atoms with Crippen LogP contribution < -0.4 is 10.0 Å². The summed E-state index contributed by atoms with van der Waals surface area (Å²) in [6.07, 6.45) is -0.0245. The van der Waals surface area contributed by atoms with E-state index in [1.165, 1.54) is 18.2 Å². The molecule has 0 radical (unpaired) electrons. The van der Waals surface area contributed by atoms with Gasteiger partial charge in [-0.05, 0) is 52.7 Å². The van der Waals surface area contributed by atoms with Crippen molar-refractivity contribution in [3.05, 3.63) is 64.4 Å². The predicted octanol–water partition coefficient (Wildman–Crippen LogP) is 3.13. The molecular weight excluding hydrogens is 411 g/mol. The zero-order valence-electron chi connectivity index (χ0n) is 13.5. The van der Waals surface area contributed by atoms with Crippen LogP contribution in [0.4, 0.5) is 4.39 Å². The summed E-state index contributed by atoms with van der Waals surface area (Å²) in [7, 11) is -3.70. The van der Waals surface area contributed by atoms with Gasteiger partial charge in [0.25, 0.3) is 0 Å². The average molecular weight is 429 g/mol. The lowest BCUT2D eigenvalue weighted by Gasteiger charge is -2.14. The molecule has 5 nitrogen and oxygen atoms in total. The number of sulfonamides is 1. The molecule has 0 aliphatic heterocycles. The van der Waals surface area contributed by atoms with Crippen LogP contribution in [-0.4, -0.2) is 20.9 Å². The van der Waals surface area contributed by atoms with Crippen LogP contribution in [-0.2, 0) is 14.8 Å². The van der Waals surface area contributed by atoms with Crippen LogP contribution in [0.1, 0.15) is 24.9 Å². The lowest BCUT2D eigenvalue weighted by Crippen LogP contribution is -2.32. The molecule has 1 amide bonds. The molecule has 0 spiro atoms. The van der Waals surface area contributed by atoms with Gasteiger partial charge in [0.2, 0.25) is 15.9 Å². The number of rotatable bonds is 7. The van der Waals surface area contributed by atoms with E-state index in [-0.39, 0.29) is 35.6 Å². The monoisotopic (exact) mass is 428 g/mol. The topological polar surface area (TPSA) is 75.3 Å². The first-order valence-electron chi connectivity index (χ1n) is 7.58. The number of hydrogen-bond acceptors (Lipinski definition) is 3. The van der Waals surface area contributed by atoms with Gasteiger partial charge in [0.15, 0.2) is 0 Å². The molecule has 25 heavy (non-hydrogen) atoms. The van der Waals surface area contributed by atoms with Crippen molar-refractivity contribution in [2.75, 3.05) is 6.54 Å². The van der Waals surface area contributed by atoms with E-state index in [1.54, 1.807) is 37.3 Å². The van der Waals surface area contributed by atoms with Crippen molar-refractivity contribution in [3.63, 3.8) is 0 Å². The highest BCUT2D eigenvalue weighted by Gasteiger charge is 2.17. The summed E-state index contributed by atoms with van der Waals surface area (Å²) >= 11 is 3.19. The number of halogens is 2. The first kappa shape index (κ1) is 19.6. The Morgan fingerprint density at radius 1 is 1.20 bits per heavy atom. The summed E-state index contributed by atoms with van der Waals surface area (Å²) in [5.74, 6) is -0.702. The molecule has 0 bridgehead atoms. The third-order valence-corrected chi connectivity index (χ3v) is 5.97. The summed E-state index contributed by atoms with van der Waals surface area (Å²) in [6.45, 7) is 1.70. The molecule has 1 atom stereocenters. The molecule has 0 saturated heterocycles. The van der Waals surface area contributed by atoms with Crippen molar-refractivity contribution in [1.82, 2.24) is 10.0 Å². The maximum absolute atomic E-state index is 13.2. The molecule has 0 saturated carbocycles. The second kappa shape index (κ2) is 8.55. The molecule has 2 aromatic rings. The lowest BCUT2D eigenvalue weighted by atomic mass is 10.1. The summed E-state index contributed by atoms with van der Waals surface area (Å²) < 4.78 is 40.4. The normalized spacial score (nSPS) is 12.6. The van der Waals surface area contributed by atoms with Gasteiger partial charge in [-0.15, -0.1) is 0 Å². The van der Waals surface area contributed by atoms with Crippen LogP contribution in [0, 0.1) is 5.82 Å². The Kier molecular flexibility index (Phi) is 6.69. The van der Waals surface area contributed by atoms with Crippen LogP contribution in [0.2, 0.25) is 0 Å². The number of nitrogens with one attached hydrogen (secondary N) is 2. The van der Waals surface area contributed by atoms with E-state index in [1.807, 2.05) is 0 Å². The summed E-state index contributed by atoms with van der Waals surface area (Å²) in [5, 5.41) is 2.71. The maximum atomic E-state index is 13.2. The Morgan fingerprint density at radius 3 is 2.60 bits per heavy atom. The van der Waals surface area contributed by atoms with Crippen molar-refractivity contribution in [2.24, 2.45) is 0 Å². The second-order valence-corrected chi connectivity index (χ2v) is 8.01. The van der Waals surface area contributed by atoms with Gasteiger partial charge in [-0.25, -0.2) is 17.5 Å². The lowest BCUT2D eigenvalue weighted by molar-refractivity contribution is -0.121. The molecule has 0 aliphatic carbocycles. The zero-order valence-corrected chi connectivity index (χ0v) is 15.9. The molecule has 2 rings (SSSR count). The standard InChI is InChI=1S/C17H18BrFN2O3S/c1-12(13-5-4-6-14(19)11-13)21-17(22)9-10-20-25(23,24)16-8-3-2-7-15(16)18/h2-8,11-12,20H,9-10H2,1H3,(H,21,22).